The Morgan fingerprint density at radius 3 is 2.40 bits per heavy atom. The molecule has 0 atom stereocenters. The average Bonchev–Trinajstić information content (AvgIpc) is 2.05. The zero-order valence-corrected chi connectivity index (χ0v) is 6.60. The summed E-state index contributed by atoms with van der Waals surface area (Å²) in [4.78, 5) is 2.20. The molecule has 0 unspecified atom stereocenters. The predicted octanol–water partition coefficient (Wildman–Crippen LogP) is 1.59. The summed E-state index contributed by atoms with van der Waals surface area (Å²) in [7, 11) is 1.68. The Kier molecular flexibility index (Phi) is 2.60. The van der Waals surface area contributed by atoms with Crippen molar-refractivity contribution in [3.63, 3.8) is 0 Å². The Morgan fingerprint density at radius 1 is 1.30 bits per heavy atom. The molecule has 2 heteroatoms. The summed E-state index contributed by atoms with van der Waals surface area (Å²) >= 11 is 0. The van der Waals surface area contributed by atoms with Gasteiger partial charge in [0, 0.05) is 13.1 Å². The molecule has 10 heavy (non-hydrogen) atoms. The quantitative estimate of drug-likeness (QED) is 0.541. The molecule has 58 valence electrons. The van der Waals surface area contributed by atoms with Gasteiger partial charge in [0.1, 0.15) is 0 Å². The van der Waals surface area contributed by atoms with Crippen LogP contribution in [0.3, 0.4) is 0 Å². The number of piperidine rings is 1. The van der Waals surface area contributed by atoms with Crippen LogP contribution in [0.25, 0.3) is 0 Å². The molecular weight excluding hydrogens is 126 g/mol. The van der Waals surface area contributed by atoms with Crippen molar-refractivity contribution in [2.24, 2.45) is 0 Å². The predicted molar refractivity (Wildman–Crippen MR) is 41.6 cm³/mol. The second kappa shape index (κ2) is 3.49. The first-order valence-corrected chi connectivity index (χ1v) is 3.82. The van der Waals surface area contributed by atoms with Crippen LogP contribution >= 0.6 is 0 Å². The van der Waals surface area contributed by atoms with Gasteiger partial charge in [0.25, 0.3) is 0 Å². The SMILES string of the molecule is C=C(OC)N1CCCCC1. The van der Waals surface area contributed by atoms with Crippen LogP contribution in [0.5, 0.6) is 0 Å². The van der Waals surface area contributed by atoms with E-state index in [2.05, 4.69) is 11.5 Å². The van der Waals surface area contributed by atoms with Crippen LogP contribution in [0, 0.1) is 0 Å². The lowest BCUT2D eigenvalue weighted by atomic mass is 10.1. The van der Waals surface area contributed by atoms with E-state index in [1.165, 1.54) is 19.3 Å². The zero-order chi connectivity index (χ0) is 7.40. The van der Waals surface area contributed by atoms with Crippen LogP contribution in [-0.2, 0) is 4.74 Å². The molecule has 0 amide bonds. The lowest BCUT2D eigenvalue weighted by molar-refractivity contribution is 0.137. The average molecular weight is 141 g/mol. The van der Waals surface area contributed by atoms with E-state index < -0.39 is 0 Å². The summed E-state index contributed by atoms with van der Waals surface area (Å²) in [6.07, 6.45) is 3.91. The van der Waals surface area contributed by atoms with Crippen molar-refractivity contribution in [2.75, 3.05) is 20.2 Å². The molecule has 1 rings (SSSR count). The van der Waals surface area contributed by atoms with Gasteiger partial charge in [0.05, 0.1) is 7.11 Å². The summed E-state index contributed by atoms with van der Waals surface area (Å²) in [5.74, 6) is 0.819. The molecule has 1 heterocycles. The highest BCUT2D eigenvalue weighted by atomic mass is 16.5. The third-order valence-corrected chi connectivity index (χ3v) is 1.94. The number of ether oxygens (including phenoxy) is 1. The van der Waals surface area contributed by atoms with E-state index in [0.717, 1.165) is 19.0 Å². The normalized spacial score (nSPS) is 18.7. The summed E-state index contributed by atoms with van der Waals surface area (Å²) in [6.45, 7) is 6.04. The van der Waals surface area contributed by atoms with Crippen LogP contribution < -0.4 is 0 Å². The van der Waals surface area contributed by atoms with Crippen molar-refractivity contribution in [3.05, 3.63) is 12.5 Å². The molecule has 1 fully saturated rings. The molecule has 0 aromatic carbocycles. The van der Waals surface area contributed by atoms with E-state index in [0.29, 0.717) is 0 Å². The summed E-state index contributed by atoms with van der Waals surface area (Å²) in [6, 6.07) is 0. The highest BCUT2D eigenvalue weighted by Gasteiger charge is 2.10. The van der Waals surface area contributed by atoms with Gasteiger partial charge in [-0.2, -0.15) is 0 Å². The standard InChI is InChI=1S/C8H15NO/c1-8(10-2)9-6-4-3-5-7-9/h1,3-7H2,2H3. The molecule has 0 aromatic heterocycles. The van der Waals surface area contributed by atoms with Gasteiger partial charge in [0.15, 0.2) is 5.88 Å². The van der Waals surface area contributed by atoms with E-state index in [1.54, 1.807) is 7.11 Å². The fourth-order valence-corrected chi connectivity index (χ4v) is 1.27. The third-order valence-electron chi connectivity index (χ3n) is 1.94. The Morgan fingerprint density at radius 2 is 1.90 bits per heavy atom. The topological polar surface area (TPSA) is 12.5 Å². The molecule has 2 nitrogen and oxygen atoms in total. The molecule has 0 radical (unpaired) electrons. The van der Waals surface area contributed by atoms with Gasteiger partial charge >= 0.3 is 0 Å². The van der Waals surface area contributed by atoms with Gasteiger partial charge in [-0.25, -0.2) is 0 Å². The monoisotopic (exact) mass is 141 g/mol. The second-order valence-electron chi connectivity index (χ2n) is 2.65. The fraction of sp³-hybridized carbons (Fsp3) is 0.750. The van der Waals surface area contributed by atoms with Crippen molar-refractivity contribution >= 4 is 0 Å². The summed E-state index contributed by atoms with van der Waals surface area (Å²) in [5.41, 5.74) is 0. The second-order valence-corrected chi connectivity index (χ2v) is 2.65. The first kappa shape index (κ1) is 7.45. The zero-order valence-electron chi connectivity index (χ0n) is 6.60. The summed E-state index contributed by atoms with van der Waals surface area (Å²) < 4.78 is 5.02. The Balaban J connectivity index is 2.31. The largest absolute Gasteiger partial charge is 0.483 e. The number of hydrogen-bond acceptors (Lipinski definition) is 2. The van der Waals surface area contributed by atoms with E-state index >= 15 is 0 Å². The smallest absolute Gasteiger partial charge is 0.181 e. The molecular formula is C8H15NO. The van der Waals surface area contributed by atoms with Gasteiger partial charge < -0.3 is 9.64 Å². The minimum Gasteiger partial charge on any atom is -0.483 e. The highest BCUT2D eigenvalue weighted by molar-refractivity contribution is 4.84. The van der Waals surface area contributed by atoms with Gasteiger partial charge in [-0.3, -0.25) is 0 Å². The Hall–Kier alpha value is -0.660. The number of rotatable bonds is 2. The number of nitrogens with zero attached hydrogens (tertiary/aromatic N) is 1. The van der Waals surface area contributed by atoms with Crippen molar-refractivity contribution in [1.29, 1.82) is 0 Å². The van der Waals surface area contributed by atoms with Crippen LogP contribution in [-0.4, -0.2) is 25.1 Å². The molecule has 0 bridgehead atoms. The minimum atomic E-state index is 0.819. The Labute approximate surface area is 62.5 Å². The van der Waals surface area contributed by atoms with Crippen LogP contribution in [0.4, 0.5) is 0 Å². The maximum Gasteiger partial charge on any atom is 0.181 e. The molecule has 1 aliphatic heterocycles. The van der Waals surface area contributed by atoms with E-state index in [1.807, 2.05) is 0 Å². The van der Waals surface area contributed by atoms with Gasteiger partial charge in [-0.1, -0.05) is 0 Å². The van der Waals surface area contributed by atoms with Crippen molar-refractivity contribution < 1.29 is 4.74 Å². The molecule has 0 N–H and O–H groups in total. The molecule has 1 aliphatic rings. The maximum atomic E-state index is 5.02. The first-order chi connectivity index (χ1) is 4.84. The van der Waals surface area contributed by atoms with Gasteiger partial charge in [-0.05, 0) is 25.8 Å². The van der Waals surface area contributed by atoms with E-state index in [4.69, 9.17) is 4.74 Å². The van der Waals surface area contributed by atoms with E-state index in [-0.39, 0.29) is 0 Å². The van der Waals surface area contributed by atoms with Gasteiger partial charge in [-0.15, -0.1) is 0 Å². The highest BCUT2D eigenvalue weighted by Crippen LogP contribution is 2.12. The van der Waals surface area contributed by atoms with E-state index in [9.17, 15) is 0 Å². The number of methoxy groups -OCH3 is 1. The number of hydrogen-bond donors (Lipinski definition) is 0. The van der Waals surface area contributed by atoms with Crippen LogP contribution in [0.2, 0.25) is 0 Å². The first-order valence-electron chi connectivity index (χ1n) is 3.82. The van der Waals surface area contributed by atoms with Crippen LogP contribution in [0.15, 0.2) is 12.5 Å². The van der Waals surface area contributed by atoms with Gasteiger partial charge in [0.2, 0.25) is 0 Å². The molecule has 0 aromatic rings. The fourth-order valence-electron chi connectivity index (χ4n) is 1.27. The van der Waals surface area contributed by atoms with Crippen molar-refractivity contribution in [2.45, 2.75) is 19.3 Å². The number of likely N-dealkylation sites (tertiary alicyclic amines) is 1. The summed E-state index contributed by atoms with van der Waals surface area (Å²) in [5, 5.41) is 0. The molecule has 1 saturated heterocycles. The Bertz CT molecular complexity index is 116. The van der Waals surface area contributed by atoms with Crippen LogP contribution in [0.1, 0.15) is 19.3 Å². The minimum absolute atomic E-state index is 0.819. The molecule has 0 aliphatic carbocycles. The molecule has 0 spiro atoms. The maximum absolute atomic E-state index is 5.02. The lowest BCUT2D eigenvalue weighted by Gasteiger charge is -2.28. The third kappa shape index (κ3) is 1.66. The molecule has 0 saturated carbocycles. The lowest BCUT2D eigenvalue weighted by Crippen LogP contribution is -2.29. The van der Waals surface area contributed by atoms with Crippen molar-refractivity contribution in [1.82, 2.24) is 4.90 Å². The van der Waals surface area contributed by atoms with Crippen molar-refractivity contribution in [3.8, 4) is 0 Å².